The molecular formula is C17H17N3O2S3. The third kappa shape index (κ3) is 3.51. The fourth-order valence-electron chi connectivity index (χ4n) is 2.79. The molecule has 1 unspecified atom stereocenters. The number of hydrogen-bond acceptors (Lipinski definition) is 6. The molecule has 1 fully saturated rings. The van der Waals surface area contributed by atoms with Gasteiger partial charge in [0.15, 0.2) is 5.37 Å². The Labute approximate surface area is 158 Å². The van der Waals surface area contributed by atoms with E-state index < -0.39 is 0 Å². The standard InChI is InChI=1S/C17H17N3O2S3/c21-14(16-18-12-3-1-2-4-13(12)25-16)19-15-11(5-8-24-15)17(22)20-6-9-23-10-7-20/h1-5,8,16,18H,6-7,9-10H2,(H,19,21). The molecule has 0 bridgehead atoms. The second-order valence-electron chi connectivity index (χ2n) is 5.70. The summed E-state index contributed by atoms with van der Waals surface area (Å²) in [6.07, 6.45) is 0. The zero-order chi connectivity index (χ0) is 17.2. The minimum atomic E-state index is -0.381. The van der Waals surface area contributed by atoms with Gasteiger partial charge in [-0.2, -0.15) is 11.8 Å². The minimum absolute atomic E-state index is 0.00664. The van der Waals surface area contributed by atoms with Crippen LogP contribution in [0.5, 0.6) is 0 Å². The predicted molar refractivity (Wildman–Crippen MR) is 106 cm³/mol. The second kappa shape index (κ2) is 7.31. The summed E-state index contributed by atoms with van der Waals surface area (Å²) < 4.78 is 0. The van der Waals surface area contributed by atoms with E-state index in [-0.39, 0.29) is 17.2 Å². The third-order valence-electron chi connectivity index (χ3n) is 4.09. The van der Waals surface area contributed by atoms with E-state index >= 15 is 0 Å². The Balaban J connectivity index is 1.44. The van der Waals surface area contributed by atoms with Crippen molar-refractivity contribution in [2.75, 3.05) is 35.2 Å². The molecule has 5 nitrogen and oxygen atoms in total. The van der Waals surface area contributed by atoms with E-state index in [9.17, 15) is 9.59 Å². The highest BCUT2D eigenvalue weighted by Gasteiger charge is 2.29. The molecule has 1 atom stereocenters. The number of amides is 2. The second-order valence-corrected chi connectivity index (χ2v) is 8.98. The van der Waals surface area contributed by atoms with Crippen molar-refractivity contribution in [3.63, 3.8) is 0 Å². The van der Waals surface area contributed by atoms with Crippen molar-refractivity contribution in [2.45, 2.75) is 10.3 Å². The number of rotatable bonds is 3. The summed E-state index contributed by atoms with van der Waals surface area (Å²) >= 11 is 4.75. The Bertz CT molecular complexity index is 777. The van der Waals surface area contributed by atoms with Crippen molar-refractivity contribution in [3.8, 4) is 0 Å². The van der Waals surface area contributed by atoms with Crippen molar-refractivity contribution in [2.24, 2.45) is 0 Å². The Hall–Kier alpha value is -1.64. The van der Waals surface area contributed by atoms with Crippen LogP contribution in [0.1, 0.15) is 10.4 Å². The lowest BCUT2D eigenvalue weighted by atomic mass is 10.2. The first-order valence-electron chi connectivity index (χ1n) is 8.00. The summed E-state index contributed by atoms with van der Waals surface area (Å²) in [4.78, 5) is 28.3. The van der Waals surface area contributed by atoms with Gasteiger partial charge in [0.2, 0.25) is 0 Å². The maximum atomic E-state index is 12.7. The molecule has 0 aliphatic carbocycles. The van der Waals surface area contributed by atoms with Crippen LogP contribution in [-0.4, -0.2) is 46.7 Å². The smallest absolute Gasteiger partial charge is 0.258 e. The zero-order valence-electron chi connectivity index (χ0n) is 13.4. The van der Waals surface area contributed by atoms with Crippen molar-refractivity contribution < 1.29 is 9.59 Å². The molecule has 3 heterocycles. The van der Waals surface area contributed by atoms with Crippen molar-refractivity contribution >= 4 is 57.4 Å². The molecule has 1 saturated heterocycles. The van der Waals surface area contributed by atoms with Crippen LogP contribution in [0.15, 0.2) is 40.6 Å². The summed E-state index contributed by atoms with van der Waals surface area (Å²) in [7, 11) is 0. The number of hydrogen-bond donors (Lipinski definition) is 2. The van der Waals surface area contributed by atoms with E-state index in [0.717, 1.165) is 35.2 Å². The predicted octanol–water partition coefficient (Wildman–Crippen LogP) is 3.42. The van der Waals surface area contributed by atoms with Gasteiger partial charge in [-0.15, -0.1) is 11.3 Å². The van der Waals surface area contributed by atoms with Gasteiger partial charge < -0.3 is 15.5 Å². The Kier molecular flexibility index (Phi) is 4.91. The van der Waals surface area contributed by atoms with E-state index in [1.165, 1.54) is 23.1 Å². The summed E-state index contributed by atoms with van der Waals surface area (Å²) in [5, 5.41) is 8.25. The summed E-state index contributed by atoms with van der Waals surface area (Å²) in [5.41, 5.74) is 1.56. The number of carbonyl (C=O) groups is 2. The van der Waals surface area contributed by atoms with Gasteiger partial charge in [0, 0.05) is 35.2 Å². The monoisotopic (exact) mass is 391 g/mol. The van der Waals surface area contributed by atoms with Crippen LogP contribution in [0.4, 0.5) is 10.7 Å². The Morgan fingerprint density at radius 1 is 1.16 bits per heavy atom. The fraction of sp³-hybridized carbons (Fsp3) is 0.294. The van der Waals surface area contributed by atoms with Gasteiger partial charge in [-0.05, 0) is 23.6 Å². The van der Waals surface area contributed by atoms with E-state index in [1.54, 1.807) is 6.07 Å². The first kappa shape index (κ1) is 16.8. The number of thiophene rings is 1. The van der Waals surface area contributed by atoms with Gasteiger partial charge in [-0.1, -0.05) is 23.9 Å². The molecule has 2 amide bonds. The molecule has 8 heteroatoms. The number of nitrogens with zero attached hydrogens (tertiary/aromatic N) is 1. The van der Waals surface area contributed by atoms with Crippen LogP contribution in [0, 0.1) is 0 Å². The lowest BCUT2D eigenvalue weighted by Gasteiger charge is -2.26. The van der Waals surface area contributed by atoms with Gasteiger partial charge in [0.05, 0.1) is 5.56 Å². The van der Waals surface area contributed by atoms with Crippen LogP contribution < -0.4 is 10.6 Å². The number of nitrogens with one attached hydrogen (secondary N) is 2. The van der Waals surface area contributed by atoms with Gasteiger partial charge in [-0.3, -0.25) is 9.59 Å². The van der Waals surface area contributed by atoms with Crippen molar-refractivity contribution in [1.82, 2.24) is 4.90 Å². The quantitative estimate of drug-likeness (QED) is 0.840. The molecular weight excluding hydrogens is 374 g/mol. The van der Waals surface area contributed by atoms with E-state index in [2.05, 4.69) is 10.6 Å². The van der Waals surface area contributed by atoms with Crippen LogP contribution in [-0.2, 0) is 4.79 Å². The zero-order valence-corrected chi connectivity index (χ0v) is 15.8. The van der Waals surface area contributed by atoms with Crippen LogP contribution in [0.2, 0.25) is 0 Å². The average Bonchev–Trinajstić information content (AvgIpc) is 3.28. The summed E-state index contributed by atoms with van der Waals surface area (Å²) in [6.45, 7) is 1.53. The maximum Gasteiger partial charge on any atom is 0.258 e. The highest BCUT2D eigenvalue weighted by atomic mass is 32.2. The molecule has 2 N–H and O–H groups in total. The normalized spacial score (nSPS) is 19.2. The lowest BCUT2D eigenvalue weighted by molar-refractivity contribution is -0.115. The highest BCUT2D eigenvalue weighted by molar-refractivity contribution is 8.01. The molecule has 0 saturated carbocycles. The van der Waals surface area contributed by atoms with Gasteiger partial charge in [-0.25, -0.2) is 0 Å². The van der Waals surface area contributed by atoms with Crippen LogP contribution >= 0.6 is 34.9 Å². The Morgan fingerprint density at radius 3 is 2.76 bits per heavy atom. The molecule has 1 aromatic heterocycles. The molecule has 25 heavy (non-hydrogen) atoms. The molecule has 4 rings (SSSR count). The van der Waals surface area contributed by atoms with E-state index in [4.69, 9.17) is 0 Å². The molecule has 130 valence electrons. The summed E-state index contributed by atoms with van der Waals surface area (Å²) in [5.74, 6) is 1.82. The molecule has 0 radical (unpaired) electrons. The van der Waals surface area contributed by atoms with Gasteiger partial charge in [0.25, 0.3) is 11.8 Å². The van der Waals surface area contributed by atoms with Gasteiger partial charge in [0.1, 0.15) is 5.00 Å². The topological polar surface area (TPSA) is 61.4 Å². The van der Waals surface area contributed by atoms with E-state index in [0.29, 0.717) is 10.6 Å². The number of para-hydroxylation sites is 1. The molecule has 1 aromatic carbocycles. The largest absolute Gasteiger partial charge is 0.364 e. The molecule has 2 aliphatic rings. The number of fused-ring (bicyclic) bond motifs is 1. The van der Waals surface area contributed by atoms with Crippen molar-refractivity contribution in [1.29, 1.82) is 0 Å². The summed E-state index contributed by atoms with van der Waals surface area (Å²) in [6, 6.07) is 9.66. The van der Waals surface area contributed by atoms with Gasteiger partial charge >= 0.3 is 0 Å². The number of thioether (sulfide) groups is 2. The van der Waals surface area contributed by atoms with Crippen LogP contribution in [0.25, 0.3) is 0 Å². The SMILES string of the molecule is O=C(Nc1sccc1C(=O)N1CCSCC1)C1Nc2ccccc2S1. The molecule has 2 aliphatic heterocycles. The number of benzene rings is 1. The minimum Gasteiger partial charge on any atom is -0.364 e. The molecule has 0 spiro atoms. The first-order chi connectivity index (χ1) is 12.2. The van der Waals surface area contributed by atoms with Crippen LogP contribution in [0.3, 0.4) is 0 Å². The highest BCUT2D eigenvalue weighted by Crippen LogP contribution is 2.38. The first-order valence-corrected chi connectivity index (χ1v) is 10.9. The lowest BCUT2D eigenvalue weighted by Crippen LogP contribution is -2.38. The number of carbonyl (C=O) groups excluding carboxylic acids is 2. The molecule has 2 aromatic rings. The Morgan fingerprint density at radius 2 is 1.96 bits per heavy atom. The average molecular weight is 392 g/mol. The van der Waals surface area contributed by atoms with E-state index in [1.807, 2.05) is 46.3 Å². The third-order valence-corrected chi connectivity index (χ3v) is 7.04. The maximum absolute atomic E-state index is 12.7. The van der Waals surface area contributed by atoms with Crippen molar-refractivity contribution in [3.05, 3.63) is 41.3 Å². The fourth-order valence-corrected chi connectivity index (χ4v) is 5.50. The number of anilines is 2.